The molecule has 0 aliphatic rings. The van der Waals surface area contributed by atoms with Crippen molar-refractivity contribution in [3.63, 3.8) is 0 Å². The van der Waals surface area contributed by atoms with Gasteiger partial charge in [-0.15, -0.1) is 11.3 Å². The number of thiazole rings is 1. The van der Waals surface area contributed by atoms with Gasteiger partial charge in [-0.2, -0.15) is 0 Å². The molecule has 2 aromatic carbocycles. The fourth-order valence-corrected chi connectivity index (χ4v) is 3.34. The van der Waals surface area contributed by atoms with Crippen LogP contribution in [0.4, 0.5) is 14.5 Å². The molecule has 0 saturated heterocycles. The maximum absolute atomic E-state index is 13.4. The molecule has 0 spiro atoms. The third kappa shape index (κ3) is 4.32. The van der Waals surface area contributed by atoms with Crippen molar-refractivity contribution in [1.29, 1.82) is 0 Å². The van der Waals surface area contributed by atoms with E-state index in [1.807, 2.05) is 0 Å². The molecule has 0 aliphatic carbocycles. The molecule has 6 nitrogen and oxygen atoms in total. The number of nitrogens with zero attached hydrogens (tertiary/aromatic N) is 2. The standard InChI is InChI=1S/C18H12F2N2O4S/c1-10-17(27-16(21-10)8-11-2-4-12(19)5-3-11)18(23)26-15-9-13(20)6-7-14(15)22(24)25/h2-7,9H,8H2,1H3. The lowest BCUT2D eigenvalue weighted by molar-refractivity contribution is -0.385. The first-order chi connectivity index (χ1) is 12.8. The lowest BCUT2D eigenvalue weighted by atomic mass is 10.1. The smallest absolute Gasteiger partial charge is 0.355 e. The number of nitro benzene ring substituents is 1. The van der Waals surface area contributed by atoms with E-state index in [2.05, 4.69) is 4.98 Å². The number of rotatable bonds is 5. The second-order valence-electron chi connectivity index (χ2n) is 5.58. The van der Waals surface area contributed by atoms with Gasteiger partial charge in [0, 0.05) is 18.6 Å². The quantitative estimate of drug-likeness (QED) is 0.278. The summed E-state index contributed by atoms with van der Waals surface area (Å²) in [5, 5.41) is 11.6. The van der Waals surface area contributed by atoms with Gasteiger partial charge in [0.25, 0.3) is 0 Å². The summed E-state index contributed by atoms with van der Waals surface area (Å²) in [6.07, 6.45) is 0.388. The van der Waals surface area contributed by atoms with E-state index >= 15 is 0 Å². The van der Waals surface area contributed by atoms with Crippen LogP contribution < -0.4 is 4.74 Å². The fourth-order valence-electron chi connectivity index (χ4n) is 2.36. The van der Waals surface area contributed by atoms with Crippen molar-refractivity contribution in [3.05, 3.63) is 85.4 Å². The lowest BCUT2D eigenvalue weighted by Gasteiger charge is -2.04. The zero-order valence-corrected chi connectivity index (χ0v) is 14.8. The van der Waals surface area contributed by atoms with E-state index in [1.165, 1.54) is 12.1 Å². The highest BCUT2D eigenvalue weighted by atomic mass is 32.1. The third-order valence-electron chi connectivity index (χ3n) is 3.62. The number of aryl methyl sites for hydroxylation is 1. The summed E-state index contributed by atoms with van der Waals surface area (Å²) < 4.78 is 31.4. The topological polar surface area (TPSA) is 82.3 Å². The second kappa shape index (κ2) is 7.58. The Labute approximate surface area is 156 Å². The zero-order valence-electron chi connectivity index (χ0n) is 13.9. The maximum Gasteiger partial charge on any atom is 0.355 e. The van der Waals surface area contributed by atoms with Crippen LogP contribution in [0.15, 0.2) is 42.5 Å². The Bertz CT molecular complexity index is 1020. The van der Waals surface area contributed by atoms with Crippen molar-refractivity contribution < 1.29 is 23.2 Å². The predicted molar refractivity (Wildman–Crippen MR) is 94.1 cm³/mol. The van der Waals surface area contributed by atoms with E-state index in [-0.39, 0.29) is 10.7 Å². The van der Waals surface area contributed by atoms with E-state index in [4.69, 9.17) is 4.74 Å². The molecule has 1 heterocycles. The van der Waals surface area contributed by atoms with Crippen LogP contribution in [0.2, 0.25) is 0 Å². The van der Waals surface area contributed by atoms with Crippen LogP contribution in [-0.2, 0) is 6.42 Å². The van der Waals surface area contributed by atoms with Crippen LogP contribution in [0, 0.1) is 28.7 Å². The van der Waals surface area contributed by atoms with Gasteiger partial charge < -0.3 is 4.74 Å². The first-order valence-corrected chi connectivity index (χ1v) is 8.52. The lowest BCUT2D eigenvalue weighted by Crippen LogP contribution is -2.09. The number of benzene rings is 2. The van der Waals surface area contributed by atoms with E-state index in [9.17, 15) is 23.7 Å². The Hall–Kier alpha value is -3.20. The minimum absolute atomic E-state index is 0.158. The SMILES string of the molecule is Cc1nc(Cc2ccc(F)cc2)sc1C(=O)Oc1cc(F)ccc1[N+](=O)[O-]. The van der Waals surface area contributed by atoms with Gasteiger partial charge >= 0.3 is 11.7 Å². The van der Waals surface area contributed by atoms with Crippen molar-refractivity contribution in [3.8, 4) is 5.75 Å². The van der Waals surface area contributed by atoms with Gasteiger partial charge in [-0.3, -0.25) is 10.1 Å². The molecule has 1 aromatic heterocycles. The summed E-state index contributed by atoms with van der Waals surface area (Å²) in [5.41, 5.74) is 0.686. The summed E-state index contributed by atoms with van der Waals surface area (Å²) in [6.45, 7) is 1.60. The van der Waals surface area contributed by atoms with Gasteiger partial charge in [0.2, 0.25) is 5.75 Å². The minimum Gasteiger partial charge on any atom is -0.415 e. The van der Waals surface area contributed by atoms with Gasteiger partial charge in [0.05, 0.1) is 15.6 Å². The molecule has 0 unspecified atom stereocenters. The van der Waals surface area contributed by atoms with E-state index in [0.29, 0.717) is 17.1 Å². The van der Waals surface area contributed by atoms with Crippen LogP contribution >= 0.6 is 11.3 Å². The van der Waals surface area contributed by atoms with E-state index in [0.717, 1.165) is 35.1 Å². The summed E-state index contributed by atoms with van der Waals surface area (Å²) in [4.78, 5) is 27.1. The molecule has 0 bridgehead atoms. The molecular weight excluding hydrogens is 378 g/mol. The number of nitro groups is 1. The summed E-state index contributed by atoms with van der Waals surface area (Å²) in [7, 11) is 0. The Balaban J connectivity index is 1.82. The van der Waals surface area contributed by atoms with Crippen LogP contribution in [0.1, 0.15) is 25.9 Å². The highest BCUT2D eigenvalue weighted by Crippen LogP contribution is 2.30. The number of esters is 1. The molecule has 0 aliphatic heterocycles. The van der Waals surface area contributed by atoms with Gasteiger partial charge in [-0.1, -0.05) is 12.1 Å². The molecule has 0 fully saturated rings. The molecule has 0 N–H and O–H groups in total. The van der Waals surface area contributed by atoms with Gasteiger partial charge in [-0.05, 0) is 30.7 Å². The Kier molecular flexibility index (Phi) is 5.22. The zero-order chi connectivity index (χ0) is 19.6. The highest BCUT2D eigenvalue weighted by Gasteiger charge is 2.23. The number of hydrogen-bond acceptors (Lipinski definition) is 6. The molecular formula is C18H12F2N2O4S. The van der Waals surface area contributed by atoms with Crippen molar-refractivity contribution in [2.45, 2.75) is 13.3 Å². The van der Waals surface area contributed by atoms with Crippen molar-refractivity contribution in [1.82, 2.24) is 4.98 Å². The van der Waals surface area contributed by atoms with E-state index < -0.39 is 28.1 Å². The predicted octanol–water partition coefficient (Wildman–Crippen LogP) is 4.45. The second-order valence-corrected chi connectivity index (χ2v) is 6.67. The number of ether oxygens (including phenoxy) is 1. The van der Waals surface area contributed by atoms with Crippen molar-refractivity contribution in [2.24, 2.45) is 0 Å². The molecule has 0 saturated carbocycles. The fraction of sp³-hybridized carbons (Fsp3) is 0.111. The van der Waals surface area contributed by atoms with Gasteiger partial charge in [0.15, 0.2) is 0 Å². The average Bonchev–Trinajstić information content (AvgIpc) is 2.97. The number of aromatic nitrogens is 1. The molecule has 27 heavy (non-hydrogen) atoms. The first-order valence-electron chi connectivity index (χ1n) is 7.70. The Morgan fingerprint density at radius 1 is 1.19 bits per heavy atom. The molecule has 9 heteroatoms. The van der Waals surface area contributed by atoms with Crippen molar-refractivity contribution in [2.75, 3.05) is 0 Å². The Morgan fingerprint density at radius 2 is 1.85 bits per heavy atom. The maximum atomic E-state index is 13.4. The minimum atomic E-state index is -0.857. The largest absolute Gasteiger partial charge is 0.415 e. The number of halogens is 2. The normalized spacial score (nSPS) is 10.6. The summed E-state index contributed by atoms with van der Waals surface area (Å²) in [5.74, 6) is -2.45. The van der Waals surface area contributed by atoms with Crippen LogP contribution in [0.3, 0.4) is 0 Å². The van der Waals surface area contributed by atoms with Crippen molar-refractivity contribution >= 4 is 23.0 Å². The van der Waals surface area contributed by atoms with Crippen LogP contribution in [0.25, 0.3) is 0 Å². The van der Waals surface area contributed by atoms with Gasteiger partial charge in [0.1, 0.15) is 16.5 Å². The van der Waals surface area contributed by atoms with Crippen LogP contribution in [0.5, 0.6) is 5.75 Å². The Morgan fingerprint density at radius 3 is 2.52 bits per heavy atom. The first kappa shape index (κ1) is 18.6. The third-order valence-corrected chi connectivity index (χ3v) is 4.75. The number of hydrogen-bond donors (Lipinski definition) is 0. The monoisotopic (exact) mass is 390 g/mol. The van der Waals surface area contributed by atoms with Gasteiger partial charge in [-0.25, -0.2) is 18.6 Å². The number of carbonyl (C=O) groups is 1. The molecule has 138 valence electrons. The molecule has 3 rings (SSSR count). The summed E-state index contributed by atoms with van der Waals surface area (Å²) >= 11 is 1.06. The highest BCUT2D eigenvalue weighted by molar-refractivity contribution is 7.13. The molecule has 3 aromatic rings. The van der Waals surface area contributed by atoms with Crippen LogP contribution in [-0.4, -0.2) is 15.9 Å². The average molecular weight is 390 g/mol. The summed E-state index contributed by atoms with van der Waals surface area (Å²) in [6, 6.07) is 8.50. The van der Waals surface area contributed by atoms with E-state index in [1.54, 1.807) is 19.1 Å². The molecule has 0 radical (unpaired) electrons. The number of carbonyl (C=O) groups excluding carboxylic acids is 1. The molecule has 0 atom stereocenters. The molecule has 0 amide bonds.